The van der Waals surface area contributed by atoms with Crippen LogP contribution in [0.2, 0.25) is 10.0 Å². The zero-order chi connectivity index (χ0) is 18.4. The maximum absolute atomic E-state index is 6.55. The van der Waals surface area contributed by atoms with Crippen molar-refractivity contribution < 1.29 is 0 Å². The van der Waals surface area contributed by atoms with Crippen LogP contribution in [0.5, 0.6) is 0 Å². The van der Waals surface area contributed by atoms with Crippen molar-refractivity contribution in [1.82, 2.24) is 4.98 Å². The Hall–Kier alpha value is -1.03. The maximum Gasteiger partial charge on any atom is 0.0756 e. The number of benzene rings is 1. The zero-order valence-electron chi connectivity index (χ0n) is 15.4. The summed E-state index contributed by atoms with van der Waals surface area (Å²) in [7, 11) is 0. The summed E-state index contributed by atoms with van der Waals surface area (Å²) >= 11 is 12.8. The molecule has 0 atom stereocenters. The first kappa shape index (κ1) is 19.7. The summed E-state index contributed by atoms with van der Waals surface area (Å²) in [4.78, 5) is 4.87. The Balaban J connectivity index is 1.72. The van der Waals surface area contributed by atoms with Crippen molar-refractivity contribution in [2.45, 2.75) is 64.2 Å². The number of nitrogens with two attached hydrogens (primary N) is 1. The van der Waals surface area contributed by atoms with Gasteiger partial charge in [-0.1, -0.05) is 48.9 Å². The molecular weight excluding hydrogens is 365 g/mol. The molecule has 26 heavy (non-hydrogen) atoms. The molecule has 3 N–H and O–H groups in total. The van der Waals surface area contributed by atoms with Crippen LogP contribution in [0.3, 0.4) is 0 Å². The molecule has 142 valence electrons. The lowest BCUT2D eigenvalue weighted by Gasteiger charge is -2.22. The Bertz CT molecular complexity index is 746. The van der Waals surface area contributed by atoms with E-state index in [9.17, 15) is 0 Å². The van der Waals surface area contributed by atoms with Gasteiger partial charge in [-0.05, 0) is 62.8 Å². The predicted octanol–water partition coefficient (Wildman–Crippen LogP) is 6.13. The average molecular weight is 394 g/mol. The van der Waals surface area contributed by atoms with Gasteiger partial charge in [0.2, 0.25) is 0 Å². The summed E-state index contributed by atoms with van der Waals surface area (Å²) in [5, 5.41) is 6.06. The van der Waals surface area contributed by atoms with Crippen molar-refractivity contribution in [3.63, 3.8) is 0 Å². The van der Waals surface area contributed by atoms with Crippen molar-refractivity contribution in [2.75, 3.05) is 18.4 Å². The highest BCUT2D eigenvalue weighted by Crippen LogP contribution is 2.38. The molecule has 0 saturated heterocycles. The Labute approximate surface area is 166 Å². The summed E-state index contributed by atoms with van der Waals surface area (Å²) in [6, 6.07) is 3.76. The minimum absolute atomic E-state index is 0.647. The van der Waals surface area contributed by atoms with Gasteiger partial charge in [-0.15, -0.1) is 0 Å². The van der Waals surface area contributed by atoms with Gasteiger partial charge in [0, 0.05) is 22.6 Å². The van der Waals surface area contributed by atoms with Crippen LogP contribution in [0.1, 0.15) is 62.6 Å². The van der Waals surface area contributed by atoms with Gasteiger partial charge in [-0.3, -0.25) is 4.98 Å². The summed E-state index contributed by atoms with van der Waals surface area (Å²) in [5.74, 6) is 0. The van der Waals surface area contributed by atoms with E-state index in [1.165, 1.54) is 61.9 Å². The fourth-order valence-corrected chi connectivity index (χ4v) is 4.44. The van der Waals surface area contributed by atoms with Gasteiger partial charge < -0.3 is 11.1 Å². The minimum Gasteiger partial charge on any atom is -0.384 e. The van der Waals surface area contributed by atoms with E-state index in [2.05, 4.69) is 5.32 Å². The van der Waals surface area contributed by atoms with Crippen LogP contribution in [-0.4, -0.2) is 18.1 Å². The number of hydrogen-bond acceptors (Lipinski definition) is 3. The van der Waals surface area contributed by atoms with Crippen molar-refractivity contribution in [2.24, 2.45) is 5.73 Å². The molecule has 0 spiro atoms. The van der Waals surface area contributed by atoms with Gasteiger partial charge in [-0.2, -0.15) is 0 Å². The molecule has 0 amide bonds. The molecule has 0 saturated carbocycles. The molecule has 1 aliphatic carbocycles. The first-order valence-electron chi connectivity index (χ1n) is 9.95. The number of rotatable bonds is 9. The second kappa shape index (κ2) is 9.77. The number of hydrogen-bond donors (Lipinski definition) is 2. The smallest absolute Gasteiger partial charge is 0.0756 e. The number of nitrogens with one attached hydrogen (secondary N) is 1. The minimum atomic E-state index is 0.647. The van der Waals surface area contributed by atoms with E-state index in [1.807, 2.05) is 12.1 Å². The topological polar surface area (TPSA) is 50.9 Å². The second-order valence-corrected chi connectivity index (χ2v) is 8.08. The molecule has 1 aromatic heterocycles. The second-order valence-electron chi connectivity index (χ2n) is 7.24. The number of aromatic nitrogens is 1. The van der Waals surface area contributed by atoms with Crippen LogP contribution >= 0.6 is 23.2 Å². The molecule has 0 aliphatic heterocycles. The molecule has 0 bridgehead atoms. The van der Waals surface area contributed by atoms with Gasteiger partial charge in [0.1, 0.15) is 0 Å². The number of unbranched alkanes of at least 4 members (excludes halogenated alkanes) is 5. The quantitative estimate of drug-likeness (QED) is 0.503. The number of fused-ring (bicyclic) bond motifs is 2. The third-order valence-corrected chi connectivity index (χ3v) is 5.73. The maximum atomic E-state index is 6.55. The molecule has 0 fully saturated rings. The highest BCUT2D eigenvalue weighted by molar-refractivity contribution is 6.39. The van der Waals surface area contributed by atoms with Crippen molar-refractivity contribution >= 4 is 39.8 Å². The normalized spacial score (nSPS) is 13.8. The van der Waals surface area contributed by atoms with Crippen LogP contribution in [0.25, 0.3) is 10.9 Å². The first-order valence-corrected chi connectivity index (χ1v) is 10.7. The number of halogens is 2. The summed E-state index contributed by atoms with van der Waals surface area (Å²) in [6.07, 6.45) is 12.0. The van der Waals surface area contributed by atoms with Gasteiger partial charge in [0.05, 0.1) is 16.2 Å². The van der Waals surface area contributed by atoms with Crippen LogP contribution < -0.4 is 11.1 Å². The first-order chi connectivity index (χ1) is 12.7. The van der Waals surface area contributed by atoms with Crippen molar-refractivity contribution in [3.05, 3.63) is 33.4 Å². The van der Waals surface area contributed by atoms with E-state index in [0.717, 1.165) is 43.3 Å². The van der Waals surface area contributed by atoms with E-state index in [-0.39, 0.29) is 0 Å². The summed E-state index contributed by atoms with van der Waals surface area (Å²) in [6.45, 7) is 1.79. The molecule has 1 heterocycles. The van der Waals surface area contributed by atoms with E-state index in [4.69, 9.17) is 33.9 Å². The average Bonchev–Trinajstić information content (AvgIpc) is 2.62. The number of pyridine rings is 1. The summed E-state index contributed by atoms with van der Waals surface area (Å²) in [5.41, 5.74) is 10.2. The Morgan fingerprint density at radius 2 is 1.69 bits per heavy atom. The molecule has 2 aromatic rings. The lowest BCUT2D eigenvalue weighted by molar-refractivity contribution is 0.605. The fourth-order valence-electron chi connectivity index (χ4n) is 3.86. The van der Waals surface area contributed by atoms with Crippen LogP contribution in [0.15, 0.2) is 12.1 Å². The Morgan fingerprint density at radius 1 is 0.962 bits per heavy atom. The number of anilines is 1. The van der Waals surface area contributed by atoms with E-state index < -0.39 is 0 Å². The van der Waals surface area contributed by atoms with Gasteiger partial charge in [0.15, 0.2) is 0 Å². The van der Waals surface area contributed by atoms with Crippen LogP contribution in [0, 0.1) is 0 Å². The molecule has 3 rings (SSSR count). The predicted molar refractivity (Wildman–Crippen MR) is 114 cm³/mol. The lowest BCUT2D eigenvalue weighted by Crippen LogP contribution is -2.12. The van der Waals surface area contributed by atoms with E-state index >= 15 is 0 Å². The SMILES string of the molecule is NCCCCCCCCNc1c2c(nc3cc(Cl)cc(Cl)c13)CCCC2. The molecule has 1 aliphatic rings. The van der Waals surface area contributed by atoms with E-state index in [1.54, 1.807) is 0 Å². The zero-order valence-corrected chi connectivity index (χ0v) is 16.9. The Kier molecular flexibility index (Phi) is 7.42. The van der Waals surface area contributed by atoms with Gasteiger partial charge in [-0.25, -0.2) is 0 Å². The largest absolute Gasteiger partial charge is 0.384 e. The monoisotopic (exact) mass is 393 g/mol. The number of aryl methyl sites for hydroxylation is 1. The summed E-state index contributed by atoms with van der Waals surface area (Å²) < 4.78 is 0. The third kappa shape index (κ3) is 4.82. The molecule has 3 nitrogen and oxygen atoms in total. The van der Waals surface area contributed by atoms with Gasteiger partial charge >= 0.3 is 0 Å². The van der Waals surface area contributed by atoms with Gasteiger partial charge in [0.25, 0.3) is 0 Å². The van der Waals surface area contributed by atoms with Crippen molar-refractivity contribution in [3.8, 4) is 0 Å². The fraction of sp³-hybridized carbons (Fsp3) is 0.571. The standard InChI is InChI=1S/C21H29Cl2N3/c22-15-13-17(23)20-19(14-15)26-18-10-6-5-9-16(18)21(20)25-12-8-4-2-1-3-7-11-24/h13-14H,1-12,24H2,(H,25,26). The lowest BCUT2D eigenvalue weighted by atomic mass is 9.92. The molecule has 0 radical (unpaired) electrons. The molecule has 5 heteroatoms. The van der Waals surface area contributed by atoms with Crippen LogP contribution in [0.4, 0.5) is 5.69 Å². The van der Waals surface area contributed by atoms with E-state index in [0.29, 0.717) is 10.0 Å². The number of nitrogens with zero attached hydrogens (tertiary/aromatic N) is 1. The molecular formula is C21H29Cl2N3. The highest BCUT2D eigenvalue weighted by atomic mass is 35.5. The molecule has 1 aromatic carbocycles. The van der Waals surface area contributed by atoms with Crippen LogP contribution in [-0.2, 0) is 12.8 Å². The Morgan fingerprint density at radius 3 is 2.50 bits per heavy atom. The molecule has 0 unspecified atom stereocenters. The highest BCUT2D eigenvalue weighted by Gasteiger charge is 2.20. The van der Waals surface area contributed by atoms with Crippen molar-refractivity contribution in [1.29, 1.82) is 0 Å². The third-order valence-electron chi connectivity index (χ3n) is 5.21.